The summed E-state index contributed by atoms with van der Waals surface area (Å²) < 4.78 is 5.15. The Morgan fingerprint density at radius 1 is 1.48 bits per heavy atom. The van der Waals surface area contributed by atoms with Gasteiger partial charge in [-0.25, -0.2) is 0 Å². The van der Waals surface area contributed by atoms with Crippen LogP contribution in [0.25, 0.3) is 0 Å². The van der Waals surface area contributed by atoms with Gasteiger partial charge in [0.05, 0.1) is 24.2 Å². The summed E-state index contributed by atoms with van der Waals surface area (Å²) >= 11 is 0. The first kappa shape index (κ1) is 15.0. The third-order valence-electron chi connectivity index (χ3n) is 3.52. The molecule has 2 atom stereocenters. The standard InChI is InChI=1S/C15H17N3O3/c16-8-11-4-2-1-3-10(11)7-13(14(17)19)18-15(20)12-5-6-21-9-12/h1-4,12-13H,5-7,9H2,(H2,17,19)(H,18,20)/t12-,13-/m0/s1. The first-order valence-electron chi connectivity index (χ1n) is 6.77. The molecule has 0 bridgehead atoms. The predicted molar refractivity (Wildman–Crippen MR) is 74.9 cm³/mol. The van der Waals surface area contributed by atoms with Crippen LogP contribution in [-0.2, 0) is 20.7 Å². The average Bonchev–Trinajstić information content (AvgIpc) is 3.01. The Labute approximate surface area is 122 Å². The van der Waals surface area contributed by atoms with Crippen LogP contribution in [0, 0.1) is 17.2 Å². The van der Waals surface area contributed by atoms with Crippen LogP contribution in [-0.4, -0.2) is 31.1 Å². The minimum atomic E-state index is -0.826. The largest absolute Gasteiger partial charge is 0.381 e. The summed E-state index contributed by atoms with van der Waals surface area (Å²) in [6.07, 6.45) is 0.852. The number of ether oxygens (including phenoxy) is 1. The number of amides is 2. The number of benzene rings is 1. The molecule has 0 saturated carbocycles. The quantitative estimate of drug-likeness (QED) is 0.801. The van der Waals surface area contributed by atoms with Crippen LogP contribution in [0.1, 0.15) is 17.5 Å². The number of rotatable bonds is 5. The summed E-state index contributed by atoms with van der Waals surface area (Å²) in [5, 5.41) is 11.7. The van der Waals surface area contributed by atoms with Crippen molar-refractivity contribution in [3.05, 3.63) is 35.4 Å². The minimum absolute atomic E-state index is 0.207. The summed E-state index contributed by atoms with van der Waals surface area (Å²) in [5.74, 6) is -1.08. The highest BCUT2D eigenvalue weighted by Gasteiger charge is 2.27. The van der Waals surface area contributed by atoms with E-state index in [4.69, 9.17) is 15.7 Å². The zero-order valence-electron chi connectivity index (χ0n) is 11.5. The smallest absolute Gasteiger partial charge is 0.240 e. The van der Waals surface area contributed by atoms with Crippen molar-refractivity contribution in [1.82, 2.24) is 5.32 Å². The number of nitrogens with zero attached hydrogens (tertiary/aromatic N) is 1. The number of primary amides is 1. The normalized spacial score (nSPS) is 18.7. The van der Waals surface area contributed by atoms with Crippen molar-refractivity contribution < 1.29 is 14.3 Å². The first-order chi connectivity index (χ1) is 10.1. The molecule has 0 unspecified atom stereocenters. The molecular formula is C15H17N3O3. The fourth-order valence-electron chi connectivity index (χ4n) is 2.28. The van der Waals surface area contributed by atoms with Gasteiger partial charge in [0.2, 0.25) is 11.8 Å². The number of carbonyl (C=O) groups is 2. The summed E-state index contributed by atoms with van der Waals surface area (Å²) in [6, 6.07) is 8.18. The molecule has 1 fully saturated rings. The van der Waals surface area contributed by atoms with Gasteiger partial charge in [-0.05, 0) is 18.1 Å². The van der Waals surface area contributed by atoms with E-state index in [1.54, 1.807) is 24.3 Å². The molecule has 1 aliphatic rings. The van der Waals surface area contributed by atoms with E-state index in [0.717, 1.165) is 0 Å². The Morgan fingerprint density at radius 3 is 2.86 bits per heavy atom. The van der Waals surface area contributed by atoms with E-state index < -0.39 is 11.9 Å². The highest BCUT2D eigenvalue weighted by atomic mass is 16.5. The molecule has 1 aliphatic heterocycles. The Kier molecular flexibility index (Phi) is 4.90. The second-order valence-electron chi connectivity index (χ2n) is 5.00. The van der Waals surface area contributed by atoms with Crippen molar-refractivity contribution in [2.45, 2.75) is 18.9 Å². The van der Waals surface area contributed by atoms with E-state index >= 15 is 0 Å². The van der Waals surface area contributed by atoms with E-state index in [-0.39, 0.29) is 18.2 Å². The fourth-order valence-corrected chi connectivity index (χ4v) is 2.28. The third kappa shape index (κ3) is 3.80. The van der Waals surface area contributed by atoms with Crippen molar-refractivity contribution in [2.24, 2.45) is 11.7 Å². The van der Waals surface area contributed by atoms with Gasteiger partial charge < -0.3 is 15.8 Å². The molecule has 1 heterocycles. The van der Waals surface area contributed by atoms with E-state index in [1.165, 1.54) is 0 Å². The first-order valence-corrected chi connectivity index (χ1v) is 6.77. The monoisotopic (exact) mass is 287 g/mol. The Hall–Kier alpha value is -2.39. The number of hydrogen-bond acceptors (Lipinski definition) is 4. The second kappa shape index (κ2) is 6.86. The lowest BCUT2D eigenvalue weighted by molar-refractivity contribution is -0.129. The molecule has 2 amide bonds. The van der Waals surface area contributed by atoms with Gasteiger partial charge in [-0.2, -0.15) is 5.26 Å². The maximum atomic E-state index is 12.0. The lowest BCUT2D eigenvalue weighted by Gasteiger charge is -2.18. The van der Waals surface area contributed by atoms with Gasteiger partial charge in [-0.15, -0.1) is 0 Å². The molecule has 0 spiro atoms. The lowest BCUT2D eigenvalue weighted by Crippen LogP contribution is -2.48. The van der Waals surface area contributed by atoms with Crippen molar-refractivity contribution >= 4 is 11.8 Å². The number of carbonyl (C=O) groups excluding carboxylic acids is 2. The van der Waals surface area contributed by atoms with Gasteiger partial charge in [-0.1, -0.05) is 18.2 Å². The molecule has 1 saturated heterocycles. The lowest BCUT2D eigenvalue weighted by atomic mass is 9.99. The molecule has 1 aromatic carbocycles. The summed E-state index contributed by atoms with van der Waals surface area (Å²) in [5.41, 5.74) is 6.52. The number of nitriles is 1. The van der Waals surface area contributed by atoms with Gasteiger partial charge in [0, 0.05) is 13.0 Å². The zero-order valence-corrected chi connectivity index (χ0v) is 11.5. The summed E-state index contributed by atoms with van der Waals surface area (Å²) in [4.78, 5) is 23.6. The summed E-state index contributed by atoms with van der Waals surface area (Å²) in [7, 11) is 0. The van der Waals surface area contributed by atoms with Crippen LogP contribution in [0.15, 0.2) is 24.3 Å². The second-order valence-corrected chi connectivity index (χ2v) is 5.00. The Bertz CT molecular complexity index is 574. The minimum Gasteiger partial charge on any atom is -0.381 e. The maximum absolute atomic E-state index is 12.0. The molecule has 21 heavy (non-hydrogen) atoms. The molecule has 0 radical (unpaired) electrons. The zero-order chi connectivity index (χ0) is 15.2. The molecular weight excluding hydrogens is 270 g/mol. The average molecular weight is 287 g/mol. The molecule has 110 valence electrons. The maximum Gasteiger partial charge on any atom is 0.240 e. The van der Waals surface area contributed by atoms with E-state index in [0.29, 0.717) is 30.8 Å². The SMILES string of the molecule is N#Cc1ccccc1C[C@H](NC(=O)[C@H]1CCOC1)C(N)=O. The Morgan fingerprint density at radius 2 is 2.24 bits per heavy atom. The summed E-state index contributed by atoms with van der Waals surface area (Å²) in [6.45, 7) is 0.919. The molecule has 0 aromatic heterocycles. The van der Waals surface area contributed by atoms with E-state index in [1.807, 2.05) is 0 Å². The van der Waals surface area contributed by atoms with Gasteiger partial charge in [0.1, 0.15) is 6.04 Å². The van der Waals surface area contributed by atoms with Crippen molar-refractivity contribution in [3.8, 4) is 6.07 Å². The van der Waals surface area contributed by atoms with E-state index in [9.17, 15) is 9.59 Å². The van der Waals surface area contributed by atoms with Crippen molar-refractivity contribution in [1.29, 1.82) is 5.26 Å². The van der Waals surface area contributed by atoms with Crippen LogP contribution in [0.2, 0.25) is 0 Å². The molecule has 2 rings (SSSR count). The van der Waals surface area contributed by atoms with Gasteiger partial charge in [-0.3, -0.25) is 9.59 Å². The van der Waals surface area contributed by atoms with Crippen LogP contribution < -0.4 is 11.1 Å². The van der Waals surface area contributed by atoms with Crippen LogP contribution in [0.5, 0.6) is 0 Å². The fraction of sp³-hybridized carbons (Fsp3) is 0.400. The highest BCUT2D eigenvalue weighted by Crippen LogP contribution is 2.14. The number of hydrogen-bond donors (Lipinski definition) is 2. The molecule has 1 aromatic rings. The molecule has 0 aliphatic carbocycles. The van der Waals surface area contributed by atoms with Crippen molar-refractivity contribution in [2.75, 3.05) is 13.2 Å². The van der Waals surface area contributed by atoms with Crippen LogP contribution in [0.3, 0.4) is 0 Å². The molecule has 6 heteroatoms. The third-order valence-corrected chi connectivity index (χ3v) is 3.52. The number of nitrogens with two attached hydrogens (primary N) is 1. The van der Waals surface area contributed by atoms with Gasteiger partial charge in [0.15, 0.2) is 0 Å². The van der Waals surface area contributed by atoms with Crippen LogP contribution in [0.4, 0.5) is 0 Å². The highest BCUT2D eigenvalue weighted by molar-refractivity contribution is 5.88. The predicted octanol–water partition coefficient (Wildman–Crippen LogP) is 0.107. The Balaban J connectivity index is 2.07. The van der Waals surface area contributed by atoms with E-state index in [2.05, 4.69) is 11.4 Å². The van der Waals surface area contributed by atoms with Crippen molar-refractivity contribution in [3.63, 3.8) is 0 Å². The topological polar surface area (TPSA) is 105 Å². The van der Waals surface area contributed by atoms with Gasteiger partial charge >= 0.3 is 0 Å². The number of nitrogens with one attached hydrogen (secondary N) is 1. The van der Waals surface area contributed by atoms with Crippen LogP contribution >= 0.6 is 0 Å². The molecule has 3 N–H and O–H groups in total. The molecule has 6 nitrogen and oxygen atoms in total. The van der Waals surface area contributed by atoms with Gasteiger partial charge in [0.25, 0.3) is 0 Å².